The van der Waals surface area contributed by atoms with Gasteiger partial charge in [0.1, 0.15) is 17.9 Å². The molecule has 1 aromatic heterocycles. The smallest absolute Gasteiger partial charge is 0.160 e. The normalized spacial score (nSPS) is 13.5. The van der Waals surface area contributed by atoms with Crippen LogP contribution < -0.4 is 0 Å². The molecule has 1 atom stereocenters. The first kappa shape index (κ1) is 16.6. The summed E-state index contributed by atoms with van der Waals surface area (Å²) in [4.78, 5) is 4.03. The first-order valence-corrected chi connectivity index (χ1v) is 8.99. The third kappa shape index (κ3) is 4.64. The Labute approximate surface area is 130 Å². The van der Waals surface area contributed by atoms with E-state index in [1.165, 1.54) is 6.33 Å². The number of hydrogen-bond acceptors (Lipinski definition) is 5. The van der Waals surface area contributed by atoms with E-state index in [2.05, 4.69) is 10.1 Å². The van der Waals surface area contributed by atoms with E-state index in [4.69, 9.17) is 0 Å². The van der Waals surface area contributed by atoms with E-state index in [0.717, 1.165) is 0 Å². The van der Waals surface area contributed by atoms with Gasteiger partial charge in [-0.3, -0.25) is 0 Å². The van der Waals surface area contributed by atoms with Crippen molar-refractivity contribution < 1.29 is 13.5 Å². The highest BCUT2D eigenvalue weighted by Gasteiger charge is 2.22. The van der Waals surface area contributed by atoms with Crippen LogP contribution in [0.5, 0.6) is 0 Å². The number of hydrogen-bond donors (Lipinski definition) is 1. The van der Waals surface area contributed by atoms with Crippen molar-refractivity contribution in [2.45, 2.75) is 32.2 Å². The van der Waals surface area contributed by atoms with Gasteiger partial charge < -0.3 is 5.11 Å². The highest BCUT2D eigenvalue weighted by atomic mass is 32.2. The predicted molar refractivity (Wildman–Crippen MR) is 83.8 cm³/mol. The number of sulfone groups is 1. The first-order valence-electron chi connectivity index (χ1n) is 7.17. The van der Waals surface area contributed by atoms with Crippen molar-refractivity contribution in [2.75, 3.05) is 5.75 Å². The number of benzene rings is 1. The standard InChI is InChI=1S/C15H21N3O3S/c1-12(2)8-18-15(16-11-17-18)10-22(20,21)9-14(19)13-6-4-3-5-7-13/h3-7,11-12,14,19H,8-10H2,1-2H3. The molecule has 1 unspecified atom stereocenters. The van der Waals surface area contributed by atoms with Crippen LogP contribution in [0, 0.1) is 5.92 Å². The number of rotatable bonds is 7. The molecule has 0 aliphatic heterocycles. The molecule has 6 nitrogen and oxygen atoms in total. The second kappa shape index (κ2) is 7.02. The van der Waals surface area contributed by atoms with Gasteiger partial charge in [0.25, 0.3) is 0 Å². The van der Waals surface area contributed by atoms with Crippen LogP contribution >= 0.6 is 0 Å². The molecule has 0 bridgehead atoms. The number of nitrogens with zero attached hydrogens (tertiary/aromatic N) is 3. The molecule has 1 aromatic carbocycles. The quantitative estimate of drug-likeness (QED) is 0.836. The van der Waals surface area contributed by atoms with Crippen molar-refractivity contribution in [3.63, 3.8) is 0 Å². The van der Waals surface area contributed by atoms with Crippen LogP contribution in [0.3, 0.4) is 0 Å². The van der Waals surface area contributed by atoms with Crippen LogP contribution in [0.15, 0.2) is 36.7 Å². The molecule has 1 N–H and O–H groups in total. The van der Waals surface area contributed by atoms with Crippen molar-refractivity contribution in [2.24, 2.45) is 5.92 Å². The second-order valence-electron chi connectivity index (χ2n) is 5.73. The highest BCUT2D eigenvalue weighted by Crippen LogP contribution is 2.16. The van der Waals surface area contributed by atoms with Crippen molar-refractivity contribution in [3.8, 4) is 0 Å². The summed E-state index contributed by atoms with van der Waals surface area (Å²) in [6.07, 6.45) is 0.327. The average Bonchev–Trinajstić information content (AvgIpc) is 2.85. The van der Waals surface area contributed by atoms with E-state index < -0.39 is 15.9 Å². The van der Waals surface area contributed by atoms with E-state index in [1.54, 1.807) is 28.9 Å². The fourth-order valence-corrected chi connectivity index (χ4v) is 3.57. The largest absolute Gasteiger partial charge is 0.387 e. The van der Waals surface area contributed by atoms with Crippen molar-refractivity contribution in [3.05, 3.63) is 48.0 Å². The van der Waals surface area contributed by atoms with Crippen LogP contribution in [-0.2, 0) is 22.1 Å². The van der Waals surface area contributed by atoms with Gasteiger partial charge in [0.05, 0.1) is 11.9 Å². The summed E-state index contributed by atoms with van der Waals surface area (Å²) in [5.74, 6) is 0.210. The lowest BCUT2D eigenvalue weighted by atomic mass is 10.1. The summed E-state index contributed by atoms with van der Waals surface area (Å²) in [5, 5.41) is 14.1. The Morgan fingerprint density at radius 1 is 1.23 bits per heavy atom. The maximum absolute atomic E-state index is 12.3. The molecule has 0 saturated heterocycles. The first-order chi connectivity index (χ1) is 10.4. The van der Waals surface area contributed by atoms with Crippen LogP contribution in [0.1, 0.15) is 31.3 Å². The molecule has 0 aliphatic rings. The SMILES string of the molecule is CC(C)Cn1ncnc1CS(=O)(=O)CC(O)c1ccccc1. The van der Waals surface area contributed by atoms with Crippen molar-refractivity contribution in [1.82, 2.24) is 14.8 Å². The second-order valence-corrected chi connectivity index (χ2v) is 7.84. The number of aliphatic hydroxyl groups excluding tert-OH is 1. The Balaban J connectivity index is 2.07. The fraction of sp³-hybridized carbons (Fsp3) is 0.467. The molecule has 0 fully saturated rings. The van der Waals surface area contributed by atoms with Gasteiger partial charge in [-0.15, -0.1) is 0 Å². The van der Waals surface area contributed by atoms with Gasteiger partial charge in [-0.2, -0.15) is 5.10 Å². The summed E-state index contributed by atoms with van der Waals surface area (Å²) in [7, 11) is -3.48. The van der Waals surface area contributed by atoms with Gasteiger partial charge in [0.15, 0.2) is 9.84 Å². The lowest BCUT2D eigenvalue weighted by Gasteiger charge is -2.12. The third-order valence-corrected chi connectivity index (χ3v) is 4.70. The predicted octanol–water partition coefficient (Wildman–Crippen LogP) is 1.58. The zero-order chi connectivity index (χ0) is 16.2. The summed E-state index contributed by atoms with van der Waals surface area (Å²) in [6, 6.07) is 8.77. The molecule has 1 heterocycles. The van der Waals surface area contributed by atoms with E-state index in [-0.39, 0.29) is 11.5 Å². The molecule has 120 valence electrons. The molecule has 7 heteroatoms. The monoisotopic (exact) mass is 323 g/mol. The molecular weight excluding hydrogens is 302 g/mol. The van der Waals surface area contributed by atoms with E-state index in [0.29, 0.717) is 23.9 Å². The van der Waals surface area contributed by atoms with Gasteiger partial charge >= 0.3 is 0 Å². The molecule has 0 spiro atoms. The van der Waals surface area contributed by atoms with Gasteiger partial charge in [-0.25, -0.2) is 18.1 Å². The van der Waals surface area contributed by atoms with E-state index in [1.807, 2.05) is 19.9 Å². The van der Waals surface area contributed by atoms with Crippen LogP contribution in [0.4, 0.5) is 0 Å². The van der Waals surface area contributed by atoms with Gasteiger partial charge in [0, 0.05) is 6.54 Å². The molecule has 2 aromatic rings. The van der Waals surface area contributed by atoms with Gasteiger partial charge in [0.2, 0.25) is 0 Å². The Kier molecular flexibility index (Phi) is 5.31. The highest BCUT2D eigenvalue weighted by molar-refractivity contribution is 7.90. The summed E-state index contributed by atoms with van der Waals surface area (Å²) in [6.45, 7) is 4.67. The Morgan fingerprint density at radius 2 is 1.91 bits per heavy atom. The van der Waals surface area contributed by atoms with Crippen LogP contribution in [-0.4, -0.2) is 34.0 Å². The Bertz CT molecular complexity index is 696. The maximum Gasteiger partial charge on any atom is 0.160 e. The molecule has 0 saturated carbocycles. The molecule has 2 rings (SSSR count). The molecule has 0 aliphatic carbocycles. The molecule has 0 radical (unpaired) electrons. The molecule has 0 amide bonds. The molecular formula is C15H21N3O3S. The van der Waals surface area contributed by atoms with Crippen LogP contribution in [0.25, 0.3) is 0 Å². The van der Waals surface area contributed by atoms with Gasteiger partial charge in [-0.05, 0) is 11.5 Å². The summed E-state index contributed by atoms with van der Waals surface area (Å²) >= 11 is 0. The van der Waals surface area contributed by atoms with E-state index in [9.17, 15) is 13.5 Å². The fourth-order valence-electron chi connectivity index (χ4n) is 2.17. The van der Waals surface area contributed by atoms with Crippen molar-refractivity contribution >= 4 is 9.84 Å². The minimum atomic E-state index is -3.48. The third-order valence-electron chi connectivity index (χ3n) is 3.18. The summed E-state index contributed by atoms with van der Waals surface area (Å²) in [5.41, 5.74) is 0.592. The lowest BCUT2D eigenvalue weighted by Crippen LogP contribution is -2.19. The number of aliphatic hydroxyl groups is 1. The van der Waals surface area contributed by atoms with Crippen LogP contribution in [0.2, 0.25) is 0 Å². The van der Waals surface area contributed by atoms with E-state index >= 15 is 0 Å². The Hall–Kier alpha value is -1.73. The molecule has 22 heavy (non-hydrogen) atoms. The zero-order valence-electron chi connectivity index (χ0n) is 12.8. The maximum atomic E-state index is 12.3. The van der Waals surface area contributed by atoms with Gasteiger partial charge in [-0.1, -0.05) is 44.2 Å². The minimum absolute atomic E-state index is 0.219. The van der Waals surface area contributed by atoms with Crippen molar-refractivity contribution in [1.29, 1.82) is 0 Å². The number of aromatic nitrogens is 3. The minimum Gasteiger partial charge on any atom is -0.387 e. The zero-order valence-corrected chi connectivity index (χ0v) is 13.6. The lowest BCUT2D eigenvalue weighted by molar-refractivity contribution is 0.201. The summed E-state index contributed by atoms with van der Waals surface area (Å²) < 4.78 is 26.2. The average molecular weight is 323 g/mol. The Morgan fingerprint density at radius 3 is 2.55 bits per heavy atom. The topological polar surface area (TPSA) is 85.1 Å².